The van der Waals surface area contributed by atoms with Gasteiger partial charge in [0.1, 0.15) is 5.84 Å². The second-order valence-electron chi connectivity index (χ2n) is 17.7. The van der Waals surface area contributed by atoms with Crippen LogP contribution in [-0.4, -0.2) is 24.5 Å². The molecule has 9 aromatic carbocycles. The third-order valence-electron chi connectivity index (χ3n) is 13.7. The lowest BCUT2D eigenvalue weighted by Crippen LogP contribution is -2.09. The predicted molar refractivity (Wildman–Crippen MR) is 295 cm³/mol. The molecule has 4 aromatic heterocycles. The lowest BCUT2D eigenvalue weighted by Gasteiger charge is -2.11. The summed E-state index contributed by atoms with van der Waals surface area (Å²) in [5.41, 5.74) is 17.8. The molecule has 13 rings (SSSR count). The van der Waals surface area contributed by atoms with Crippen LogP contribution in [0.3, 0.4) is 0 Å². The number of benzene rings is 9. The summed E-state index contributed by atoms with van der Waals surface area (Å²) in [5.74, 6) is 0.840. The fourth-order valence-electron chi connectivity index (χ4n) is 10.4. The number of aromatic nitrogens is 4. The standard InChI is InChI=1S/C65H45N5/c1-2-57(46-19-8-4-9-20-46)67-64(39-28-44-17-6-3-7-18-44)70-59-26-15-13-24-53(59)55-42-49(33-37-61(55)70)48-32-36-60-54(41-48)52-23-12-14-25-58(52)68(60)51-34-29-45(30-35-51)47-31-38-62-56(43-47)65-63(27-16-40-66-65)69(62)50-21-10-5-11-22-50/h2-43H,1H3/b39-28+,57-2-,67-64+. The fourth-order valence-corrected chi connectivity index (χ4v) is 10.4. The Bertz CT molecular complexity index is 4210. The van der Waals surface area contributed by atoms with E-state index in [-0.39, 0.29) is 0 Å². The molecule has 0 unspecified atom stereocenters. The first kappa shape index (κ1) is 40.9. The van der Waals surface area contributed by atoms with Gasteiger partial charge in [-0.1, -0.05) is 158 Å². The SMILES string of the molecule is C\C=C(/N=C(\C=C\c1ccccc1)n1c2ccccc2c2cc(-c3ccc4c(c3)c3ccccc3n4-c3ccc(-c4ccc5c(c4)c4ncccc4n5-c4ccccc4)cc3)ccc21)c1ccccc1. The van der Waals surface area contributed by atoms with E-state index in [0.717, 1.165) is 83.7 Å². The van der Waals surface area contributed by atoms with Crippen LogP contribution in [0.25, 0.3) is 111 Å². The number of pyridine rings is 1. The van der Waals surface area contributed by atoms with Crippen molar-refractivity contribution in [1.82, 2.24) is 18.7 Å². The van der Waals surface area contributed by atoms with Gasteiger partial charge in [-0.25, -0.2) is 4.99 Å². The Morgan fingerprint density at radius 3 is 1.61 bits per heavy atom. The molecule has 0 spiro atoms. The van der Waals surface area contributed by atoms with Crippen LogP contribution >= 0.6 is 0 Å². The molecule has 4 heterocycles. The molecule has 13 aromatic rings. The van der Waals surface area contributed by atoms with E-state index in [1.54, 1.807) is 0 Å². The summed E-state index contributed by atoms with van der Waals surface area (Å²) < 4.78 is 7.01. The van der Waals surface area contributed by atoms with Crippen LogP contribution in [-0.2, 0) is 0 Å². The first-order chi connectivity index (χ1) is 34.7. The summed E-state index contributed by atoms with van der Waals surface area (Å²) in [4.78, 5) is 10.2. The van der Waals surface area contributed by atoms with Gasteiger partial charge < -0.3 is 9.13 Å². The molecule has 0 N–H and O–H groups in total. The Kier molecular flexibility index (Phi) is 9.98. The number of hydrogen-bond donors (Lipinski definition) is 0. The number of rotatable bonds is 8. The summed E-state index contributed by atoms with van der Waals surface area (Å²) >= 11 is 0. The quantitative estimate of drug-likeness (QED) is 0.111. The Morgan fingerprint density at radius 1 is 0.414 bits per heavy atom. The molecule has 0 saturated heterocycles. The first-order valence-electron chi connectivity index (χ1n) is 23.8. The highest BCUT2D eigenvalue weighted by atomic mass is 15.1. The Labute approximate surface area is 405 Å². The highest BCUT2D eigenvalue weighted by Crippen LogP contribution is 2.39. The molecule has 330 valence electrons. The van der Waals surface area contributed by atoms with Crippen molar-refractivity contribution in [3.05, 3.63) is 260 Å². The average Bonchev–Trinajstić information content (AvgIpc) is 4.07. The van der Waals surface area contributed by atoms with E-state index in [1.165, 1.54) is 38.1 Å². The average molecular weight is 896 g/mol. The van der Waals surface area contributed by atoms with Crippen LogP contribution in [0, 0.1) is 0 Å². The maximum Gasteiger partial charge on any atom is 0.138 e. The molecular formula is C65H45N5. The van der Waals surface area contributed by atoms with Crippen LogP contribution in [0.5, 0.6) is 0 Å². The van der Waals surface area contributed by atoms with Gasteiger partial charge >= 0.3 is 0 Å². The lowest BCUT2D eigenvalue weighted by atomic mass is 10.0. The largest absolute Gasteiger partial charge is 0.309 e. The van der Waals surface area contributed by atoms with Gasteiger partial charge in [0.25, 0.3) is 0 Å². The number of hydrogen-bond acceptors (Lipinski definition) is 2. The Balaban J connectivity index is 0.890. The zero-order valence-corrected chi connectivity index (χ0v) is 38.5. The molecule has 0 saturated carbocycles. The van der Waals surface area contributed by atoms with E-state index in [1.807, 2.05) is 24.4 Å². The number of allylic oxidation sites excluding steroid dienone is 2. The molecule has 0 fully saturated rings. The molecule has 0 atom stereocenters. The molecule has 0 amide bonds. The monoisotopic (exact) mass is 895 g/mol. The third kappa shape index (κ3) is 6.94. The van der Waals surface area contributed by atoms with Crippen molar-refractivity contribution >= 4 is 83.2 Å². The second-order valence-corrected chi connectivity index (χ2v) is 17.7. The van der Waals surface area contributed by atoms with Crippen molar-refractivity contribution < 1.29 is 0 Å². The summed E-state index contributed by atoms with van der Waals surface area (Å²) in [6.45, 7) is 2.06. The van der Waals surface area contributed by atoms with E-state index < -0.39 is 0 Å². The van der Waals surface area contributed by atoms with E-state index in [0.29, 0.717) is 0 Å². The van der Waals surface area contributed by atoms with E-state index in [9.17, 15) is 0 Å². The van der Waals surface area contributed by atoms with Gasteiger partial charge in [0.2, 0.25) is 0 Å². The molecule has 0 aliphatic carbocycles. The van der Waals surface area contributed by atoms with Gasteiger partial charge in [-0.2, -0.15) is 0 Å². The van der Waals surface area contributed by atoms with Gasteiger partial charge in [-0.05, 0) is 131 Å². The number of para-hydroxylation sites is 3. The number of nitrogens with zero attached hydrogens (tertiary/aromatic N) is 5. The molecule has 5 nitrogen and oxygen atoms in total. The van der Waals surface area contributed by atoms with Crippen molar-refractivity contribution in [2.75, 3.05) is 0 Å². The van der Waals surface area contributed by atoms with Crippen molar-refractivity contribution in [1.29, 1.82) is 0 Å². The van der Waals surface area contributed by atoms with Gasteiger partial charge in [0.05, 0.1) is 44.3 Å². The summed E-state index contributed by atoms with van der Waals surface area (Å²) in [6, 6.07) is 82.5. The van der Waals surface area contributed by atoms with Crippen molar-refractivity contribution in [3.63, 3.8) is 0 Å². The molecule has 5 heteroatoms. The molecule has 0 radical (unpaired) electrons. The Morgan fingerprint density at radius 2 is 0.900 bits per heavy atom. The molecule has 0 aliphatic rings. The van der Waals surface area contributed by atoms with Crippen LogP contribution in [0.15, 0.2) is 254 Å². The van der Waals surface area contributed by atoms with Gasteiger partial charge in [-0.15, -0.1) is 0 Å². The predicted octanol–water partition coefficient (Wildman–Crippen LogP) is 16.7. The van der Waals surface area contributed by atoms with Crippen molar-refractivity contribution in [3.8, 4) is 33.6 Å². The molecule has 70 heavy (non-hydrogen) atoms. The van der Waals surface area contributed by atoms with Crippen LogP contribution in [0.1, 0.15) is 18.1 Å². The number of aliphatic imine (C=N–C) groups is 1. The maximum atomic E-state index is 5.39. The van der Waals surface area contributed by atoms with Gasteiger partial charge in [-0.3, -0.25) is 9.55 Å². The highest BCUT2D eigenvalue weighted by Gasteiger charge is 2.19. The zero-order valence-electron chi connectivity index (χ0n) is 38.5. The van der Waals surface area contributed by atoms with Crippen LogP contribution in [0.4, 0.5) is 0 Å². The van der Waals surface area contributed by atoms with Gasteiger partial charge in [0, 0.05) is 44.5 Å². The van der Waals surface area contributed by atoms with Crippen LogP contribution in [0.2, 0.25) is 0 Å². The minimum absolute atomic E-state index is 0.840. The molecule has 0 aliphatic heterocycles. The Hall–Kier alpha value is -9.32. The van der Waals surface area contributed by atoms with E-state index >= 15 is 0 Å². The van der Waals surface area contributed by atoms with Crippen molar-refractivity contribution in [2.24, 2.45) is 4.99 Å². The molecular weight excluding hydrogens is 851 g/mol. The van der Waals surface area contributed by atoms with E-state index in [4.69, 9.17) is 9.98 Å². The summed E-state index contributed by atoms with van der Waals surface area (Å²) in [6.07, 6.45) is 8.27. The highest BCUT2D eigenvalue weighted by molar-refractivity contribution is 6.19. The van der Waals surface area contributed by atoms with Crippen molar-refractivity contribution in [2.45, 2.75) is 6.92 Å². The summed E-state index contributed by atoms with van der Waals surface area (Å²) in [7, 11) is 0. The molecule has 0 bridgehead atoms. The topological polar surface area (TPSA) is 40.0 Å². The zero-order chi connectivity index (χ0) is 46.5. The lowest BCUT2D eigenvalue weighted by molar-refractivity contribution is 1.17. The maximum absolute atomic E-state index is 5.39. The van der Waals surface area contributed by atoms with Crippen LogP contribution < -0.4 is 0 Å². The minimum atomic E-state index is 0.840. The third-order valence-corrected chi connectivity index (χ3v) is 13.7. The minimum Gasteiger partial charge on any atom is -0.309 e. The number of fused-ring (bicyclic) bond motifs is 9. The first-order valence-corrected chi connectivity index (χ1v) is 23.8. The second kappa shape index (κ2) is 17.1. The summed E-state index contributed by atoms with van der Waals surface area (Å²) in [5, 5.41) is 5.93. The fraction of sp³-hybridized carbons (Fsp3) is 0.0154. The van der Waals surface area contributed by atoms with E-state index in [2.05, 4.69) is 251 Å². The smallest absolute Gasteiger partial charge is 0.138 e. The normalized spacial score (nSPS) is 12.5. The van der Waals surface area contributed by atoms with Gasteiger partial charge in [0.15, 0.2) is 0 Å².